The van der Waals surface area contributed by atoms with Gasteiger partial charge in [-0.05, 0) is 32.8 Å². The van der Waals surface area contributed by atoms with Gasteiger partial charge in [0.25, 0.3) is 0 Å². The summed E-state index contributed by atoms with van der Waals surface area (Å²) in [5.41, 5.74) is 5.47. The smallest absolute Gasteiger partial charge is 0.149 e. The van der Waals surface area contributed by atoms with Crippen molar-refractivity contribution < 1.29 is 0 Å². The zero-order valence-electron chi connectivity index (χ0n) is 15.0. The third kappa shape index (κ3) is 5.10. The van der Waals surface area contributed by atoms with Crippen LogP contribution in [0.5, 0.6) is 0 Å². The van der Waals surface area contributed by atoms with E-state index < -0.39 is 0 Å². The molecule has 1 atom stereocenters. The zero-order valence-corrected chi connectivity index (χ0v) is 15.9. The Hall–Kier alpha value is -1.81. The van der Waals surface area contributed by atoms with Gasteiger partial charge in [-0.25, -0.2) is 0 Å². The molecule has 0 saturated carbocycles. The Balaban J connectivity index is 1.97. The first-order valence-electron chi connectivity index (χ1n) is 8.61. The molecule has 0 saturated heterocycles. The fraction of sp³-hybridized carbons (Fsp3) is 0.400. The first kappa shape index (κ1) is 18.5. The molecule has 1 aliphatic rings. The van der Waals surface area contributed by atoms with Gasteiger partial charge in [-0.15, -0.1) is 0 Å². The van der Waals surface area contributed by atoms with Crippen LogP contribution in [0.3, 0.4) is 0 Å². The Labute approximate surface area is 150 Å². The standard InChI is InChI=1S/C20H29N3S/c1-6-7-8-11-14(2)21-19-13-10-9-12-18(19)16(4)23-20-22-15(3)17(5)24-20/h9-10,12-13,20-23H,2,4,6-8,11H2,1,3,5H3. The molecule has 0 aliphatic carbocycles. The summed E-state index contributed by atoms with van der Waals surface area (Å²) in [5, 5.41) is 10.4. The monoisotopic (exact) mass is 343 g/mol. The van der Waals surface area contributed by atoms with E-state index in [1.54, 1.807) is 11.8 Å². The Bertz CT molecular complexity index is 620. The molecule has 130 valence electrons. The normalized spacial score (nSPS) is 16.7. The quantitative estimate of drug-likeness (QED) is 0.508. The molecule has 1 unspecified atom stereocenters. The minimum absolute atomic E-state index is 0.137. The number of nitrogens with one attached hydrogen (secondary N) is 3. The molecule has 0 aromatic heterocycles. The molecule has 1 aromatic carbocycles. The van der Waals surface area contributed by atoms with Gasteiger partial charge in [0.05, 0.1) is 0 Å². The van der Waals surface area contributed by atoms with Gasteiger partial charge in [-0.2, -0.15) is 0 Å². The number of thioether (sulfide) groups is 1. The van der Waals surface area contributed by atoms with Gasteiger partial charge in [0.1, 0.15) is 5.50 Å². The van der Waals surface area contributed by atoms with Crippen LogP contribution in [0.4, 0.5) is 5.69 Å². The molecule has 0 fully saturated rings. The van der Waals surface area contributed by atoms with E-state index in [0.29, 0.717) is 0 Å². The summed E-state index contributed by atoms with van der Waals surface area (Å²) in [4.78, 5) is 1.32. The molecular formula is C20H29N3S. The van der Waals surface area contributed by atoms with E-state index in [9.17, 15) is 0 Å². The molecule has 4 heteroatoms. The van der Waals surface area contributed by atoms with Crippen LogP contribution in [0.2, 0.25) is 0 Å². The van der Waals surface area contributed by atoms with E-state index in [-0.39, 0.29) is 5.50 Å². The summed E-state index contributed by atoms with van der Waals surface area (Å²) in [6, 6.07) is 8.24. The Morgan fingerprint density at radius 2 is 1.96 bits per heavy atom. The maximum Gasteiger partial charge on any atom is 0.149 e. The fourth-order valence-electron chi connectivity index (χ4n) is 2.59. The second-order valence-electron chi connectivity index (χ2n) is 6.18. The molecule has 0 spiro atoms. The van der Waals surface area contributed by atoms with Gasteiger partial charge in [-0.1, -0.05) is 62.9 Å². The van der Waals surface area contributed by atoms with Gasteiger partial charge < -0.3 is 16.0 Å². The third-order valence-corrected chi connectivity index (χ3v) is 5.25. The highest BCUT2D eigenvalue weighted by atomic mass is 32.2. The average molecular weight is 344 g/mol. The van der Waals surface area contributed by atoms with E-state index in [4.69, 9.17) is 0 Å². The van der Waals surface area contributed by atoms with Crippen molar-refractivity contribution in [3.05, 3.63) is 59.3 Å². The number of anilines is 1. The van der Waals surface area contributed by atoms with Gasteiger partial charge >= 0.3 is 0 Å². The van der Waals surface area contributed by atoms with Gasteiger partial charge in [-0.3, -0.25) is 0 Å². The van der Waals surface area contributed by atoms with Crippen LogP contribution >= 0.6 is 11.8 Å². The van der Waals surface area contributed by atoms with Crippen molar-refractivity contribution >= 4 is 23.1 Å². The van der Waals surface area contributed by atoms with Crippen LogP contribution in [0.25, 0.3) is 5.70 Å². The van der Waals surface area contributed by atoms with Crippen LogP contribution in [-0.4, -0.2) is 5.50 Å². The van der Waals surface area contributed by atoms with Crippen molar-refractivity contribution in [1.29, 1.82) is 0 Å². The highest BCUT2D eigenvalue weighted by Crippen LogP contribution is 2.30. The summed E-state index contributed by atoms with van der Waals surface area (Å²) in [5.74, 6) is 0. The topological polar surface area (TPSA) is 36.1 Å². The predicted octanol–water partition coefficient (Wildman–Crippen LogP) is 5.62. The third-order valence-electron chi connectivity index (χ3n) is 4.12. The molecule has 24 heavy (non-hydrogen) atoms. The lowest BCUT2D eigenvalue weighted by molar-refractivity contribution is 0.708. The van der Waals surface area contributed by atoms with Gasteiger partial charge in [0, 0.05) is 33.2 Å². The maximum atomic E-state index is 4.23. The summed E-state index contributed by atoms with van der Waals surface area (Å²) < 4.78 is 0. The van der Waals surface area contributed by atoms with E-state index in [2.05, 4.69) is 62.0 Å². The van der Waals surface area contributed by atoms with Crippen LogP contribution in [0.15, 0.2) is 53.7 Å². The number of unbranched alkanes of at least 4 members (excludes halogenated alkanes) is 2. The maximum absolute atomic E-state index is 4.23. The van der Waals surface area contributed by atoms with Crippen LogP contribution < -0.4 is 16.0 Å². The molecule has 2 rings (SSSR count). The number of rotatable bonds is 9. The molecule has 1 aromatic rings. The van der Waals surface area contributed by atoms with Crippen molar-refractivity contribution in [2.24, 2.45) is 0 Å². The van der Waals surface area contributed by atoms with Crippen molar-refractivity contribution in [1.82, 2.24) is 10.6 Å². The Morgan fingerprint density at radius 3 is 2.62 bits per heavy atom. The minimum Gasteiger partial charge on any atom is -0.360 e. The molecule has 0 bridgehead atoms. The molecule has 0 radical (unpaired) electrons. The van der Waals surface area contributed by atoms with Crippen LogP contribution in [-0.2, 0) is 0 Å². The fourth-order valence-corrected chi connectivity index (χ4v) is 3.62. The molecule has 0 amide bonds. The van der Waals surface area contributed by atoms with Crippen molar-refractivity contribution in [2.75, 3.05) is 5.32 Å². The molecule has 1 aliphatic heterocycles. The molecule has 1 heterocycles. The highest BCUT2D eigenvalue weighted by molar-refractivity contribution is 8.03. The van der Waals surface area contributed by atoms with E-state index in [1.807, 2.05) is 12.1 Å². The summed E-state index contributed by atoms with van der Waals surface area (Å²) >= 11 is 1.79. The Morgan fingerprint density at radius 1 is 1.21 bits per heavy atom. The van der Waals surface area contributed by atoms with Crippen LogP contribution in [0, 0.1) is 0 Å². The lowest BCUT2D eigenvalue weighted by Crippen LogP contribution is -2.34. The molecule has 3 nitrogen and oxygen atoms in total. The number of hydrogen-bond acceptors (Lipinski definition) is 4. The van der Waals surface area contributed by atoms with E-state index in [0.717, 1.165) is 29.1 Å². The average Bonchev–Trinajstić information content (AvgIpc) is 2.85. The number of benzene rings is 1. The lowest BCUT2D eigenvalue weighted by atomic mass is 10.1. The second kappa shape index (κ2) is 8.88. The summed E-state index contributed by atoms with van der Waals surface area (Å²) in [7, 11) is 0. The van der Waals surface area contributed by atoms with Gasteiger partial charge in [0.15, 0.2) is 0 Å². The van der Waals surface area contributed by atoms with Gasteiger partial charge in [0.2, 0.25) is 0 Å². The zero-order chi connectivity index (χ0) is 17.5. The largest absolute Gasteiger partial charge is 0.360 e. The van der Waals surface area contributed by atoms with E-state index >= 15 is 0 Å². The van der Waals surface area contributed by atoms with Crippen LogP contribution in [0.1, 0.15) is 52.0 Å². The van der Waals surface area contributed by atoms with E-state index in [1.165, 1.54) is 29.9 Å². The highest BCUT2D eigenvalue weighted by Gasteiger charge is 2.19. The first-order chi connectivity index (χ1) is 11.5. The lowest BCUT2D eigenvalue weighted by Gasteiger charge is -2.20. The number of allylic oxidation sites excluding steroid dienone is 3. The number of para-hydroxylation sites is 1. The minimum atomic E-state index is 0.137. The SMILES string of the molecule is C=C(CCCCC)Nc1ccccc1C(=C)NC1NC(C)=C(C)S1. The molecule has 3 N–H and O–H groups in total. The Kier molecular flexibility index (Phi) is 6.85. The summed E-state index contributed by atoms with van der Waals surface area (Å²) in [6.45, 7) is 14.8. The predicted molar refractivity (Wildman–Crippen MR) is 108 cm³/mol. The summed E-state index contributed by atoms with van der Waals surface area (Å²) in [6.07, 6.45) is 4.65. The number of hydrogen-bond donors (Lipinski definition) is 3. The molecular weight excluding hydrogens is 314 g/mol. The second-order valence-corrected chi connectivity index (χ2v) is 7.50. The van der Waals surface area contributed by atoms with Crippen molar-refractivity contribution in [3.8, 4) is 0 Å². The van der Waals surface area contributed by atoms with Crippen molar-refractivity contribution in [3.63, 3.8) is 0 Å². The first-order valence-corrected chi connectivity index (χ1v) is 9.49. The van der Waals surface area contributed by atoms with Crippen molar-refractivity contribution in [2.45, 2.75) is 52.0 Å².